The molecule has 1 fully saturated rings. The van der Waals surface area contributed by atoms with Crippen LogP contribution < -0.4 is 5.32 Å². The largest absolute Gasteiger partial charge is 0.310 e. The van der Waals surface area contributed by atoms with E-state index in [-0.39, 0.29) is 0 Å². The molecule has 84 valence electrons. The first-order valence-electron chi connectivity index (χ1n) is 6.06. The van der Waals surface area contributed by atoms with Crippen LogP contribution in [0.5, 0.6) is 0 Å². The van der Waals surface area contributed by atoms with Gasteiger partial charge in [0.2, 0.25) is 0 Å². The first kappa shape index (κ1) is 12.0. The fraction of sp³-hybridized carbons (Fsp3) is 1.00. The molecule has 1 N–H and O–H groups in total. The van der Waals surface area contributed by atoms with E-state index in [4.69, 9.17) is 0 Å². The Morgan fingerprint density at radius 1 is 1.43 bits per heavy atom. The van der Waals surface area contributed by atoms with Crippen molar-refractivity contribution in [1.29, 1.82) is 0 Å². The second kappa shape index (κ2) is 5.13. The van der Waals surface area contributed by atoms with Gasteiger partial charge in [0, 0.05) is 18.1 Å². The van der Waals surface area contributed by atoms with Gasteiger partial charge in [-0.2, -0.15) is 0 Å². The van der Waals surface area contributed by atoms with Crippen LogP contribution in [0.2, 0.25) is 0 Å². The van der Waals surface area contributed by atoms with E-state index < -0.39 is 0 Å². The standard InChI is InChI=1S/C12H26N2/c1-5-9-14(11(2)3)10-12(4)7-6-8-13-12/h11,13H,5-10H2,1-4H3. The van der Waals surface area contributed by atoms with Gasteiger partial charge in [0.15, 0.2) is 0 Å². The van der Waals surface area contributed by atoms with E-state index in [0.29, 0.717) is 11.6 Å². The fourth-order valence-electron chi connectivity index (χ4n) is 2.35. The molecule has 14 heavy (non-hydrogen) atoms. The molecule has 1 heterocycles. The van der Waals surface area contributed by atoms with Crippen LogP contribution in [-0.4, -0.2) is 36.1 Å². The van der Waals surface area contributed by atoms with E-state index in [9.17, 15) is 0 Å². The van der Waals surface area contributed by atoms with Crippen molar-refractivity contribution < 1.29 is 0 Å². The van der Waals surface area contributed by atoms with E-state index >= 15 is 0 Å². The number of nitrogens with zero attached hydrogens (tertiary/aromatic N) is 1. The van der Waals surface area contributed by atoms with Gasteiger partial charge in [0.25, 0.3) is 0 Å². The molecule has 0 radical (unpaired) electrons. The zero-order valence-corrected chi connectivity index (χ0v) is 10.3. The van der Waals surface area contributed by atoms with Crippen LogP contribution in [0.15, 0.2) is 0 Å². The zero-order chi connectivity index (χ0) is 10.6. The van der Waals surface area contributed by atoms with Gasteiger partial charge in [-0.3, -0.25) is 4.90 Å². The molecule has 0 aliphatic carbocycles. The van der Waals surface area contributed by atoms with Gasteiger partial charge in [-0.1, -0.05) is 6.92 Å². The molecule has 1 aliphatic heterocycles. The summed E-state index contributed by atoms with van der Waals surface area (Å²) in [6.45, 7) is 12.9. The van der Waals surface area contributed by atoms with Crippen molar-refractivity contribution in [3.8, 4) is 0 Å². The minimum Gasteiger partial charge on any atom is -0.310 e. The average molecular weight is 198 g/mol. The first-order valence-corrected chi connectivity index (χ1v) is 6.06. The van der Waals surface area contributed by atoms with Gasteiger partial charge in [-0.25, -0.2) is 0 Å². The highest BCUT2D eigenvalue weighted by Gasteiger charge is 2.30. The topological polar surface area (TPSA) is 15.3 Å². The second-order valence-corrected chi connectivity index (χ2v) is 5.16. The highest BCUT2D eigenvalue weighted by atomic mass is 15.2. The number of hydrogen-bond donors (Lipinski definition) is 1. The highest BCUT2D eigenvalue weighted by molar-refractivity contribution is 4.91. The molecule has 1 rings (SSSR count). The molecule has 0 saturated carbocycles. The van der Waals surface area contributed by atoms with Crippen molar-refractivity contribution in [1.82, 2.24) is 10.2 Å². The van der Waals surface area contributed by atoms with Crippen LogP contribution in [0.3, 0.4) is 0 Å². The smallest absolute Gasteiger partial charge is 0.0281 e. The molecule has 0 aromatic rings. The molecule has 1 aliphatic rings. The third-order valence-electron chi connectivity index (χ3n) is 3.25. The fourth-order valence-corrected chi connectivity index (χ4v) is 2.35. The molecule has 1 atom stereocenters. The Morgan fingerprint density at radius 3 is 2.57 bits per heavy atom. The SMILES string of the molecule is CCCN(CC1(C)CCCN1)C(C)C. The van der Waals surface area contributed by atoms with E-state index in [1.807, 2.05) is 0 Å². The van der Waals surface area contributed by atoms with Crippen molar-refractivity contribution in [2.45, 2.75) is 58.5 Å². The maximum absolute atomic E-state index is 3.64. The van der Waals surface area contributed by atoms with Crippen molar-refractivity contribution in [3.05, 3.63) is 0 Å². The lowest BCUT2D eigenvalue weighted by molar-refractivity contribution is 0.166. The molecule has 1 saturated heterocycles. The number of rotatable bonds is 5. The van der Waals surface area contributed by atoms with Gasteiger partial charge < -0.3 is 5.32 Å². The highest BCUT2D eigenvalue weighted by Crippen LogP contribution is 2.20. The molecule has 0 aromatic carbocycles. The lowest BCUT2D eigenvalue weighted by Crippen LogP contribution is -2.49. The minimum atomic E-state index is 0.374. The van der Waals surface area contributed by atoms with Crippen LogP contribution in [0, 0.1) is 0 Å². The third kappa shape index (κ3) is 3.25. The Labute approximate surface area is 89.1 Å². The molecule has 2 heteroatoms. The summed E-state index contributed by atoms with van der Waals surface area (Å²) in [6.07, 6.45) is 3.93. The summed E-state index contributed by atoms with van der Waals surface area (Å²) in [5.74, 6) is 0. The molecule has 2 nitrogen and oxygen atoms in total. The summed E-state index contributed by atoms with van der Waals surface area (Å²) in [5.41, 5.74) is 0.374. The predicted molar refractivity (Wildman–Crippen MR) is 62.6 cm³/mol. The maximum Gasteiger partial charge on any atom is 0.0281 e. The normalized spacial score (nSPS) is 27.9. The van der Waals surface area contributed by atoms with Crippen LogP contribution in [0.25, 0.3) is 0 Å². The summed E-state index contributed by atoms with van der Waals surface area (Å²) in [5, 5.41) is 3.64. The zero-order valence-electron chi connectivity index (χ0n) is 10.3. The van der Waals surface area contributed by atoms with Crippen molar-refractivity contribution in [2.75, 3.05) is 19.6 Å². The molecule has 0 amide bonds. The molecule has 0 bridgehead atoms. The maximum atomic E-state index is 3.64. The minimum absolute atomic E-state index is 0.374. The number of nitrogens with one attached hydrogen (secondary N) is 1. The summed E-state index contributed by atoms with van der Waals surface area (Å²) in [4.78, 5) is 2.60. The first-order chi connectivity index (χ1) is 6.57. The monoisotopic (exact) mass is 198 g/mol. The lowest BCUT2D eigenvalue weighted by Gasteiger charge is -2.35. The molecular formula is C12H26N2. The van der Waals surface area contributed by atoms with Crippen LogP contribution in [0.1, 0.15) is 47.0 Å². The lowest BCUT2D eigenvalue weighted by atomic mass is 9.99. The molecule has 0 aromatic heterocycles. The van der Waals surface area contributed by atoms with E-state index in [0.717, 1.165) is 0 Å². The Bertz CT molecular complexity index is 160. The van der Waals surface area contributed by atoms with Crippen molar-refractivity contribution in [3.63, 3.8) is 0 Å². The van der Waals surface area contributed by atoms with E-state index in [1.54, 1.807) is 0 Å². The van der Waals surface area contributed by atoms with E-state index in [1.165, 1.54) is 38.9 Å². The molecule has 1 unspecified atom stereocenters. The van der Waals surface area contributed by atoms with Crippen LogP contribution in [-0.2, 0) is 0 Å². The van der Waals surface area contributed by atoms with Gasteiger partial charge in [0.05, 0.1) is 0 Å². The summed E-state index contributed by atoms with van der Waals surface area (Å²) >= 11 is 0. The van der Waals surface area contributed by atoms with Gasteiger partial charge in [-0.15, -0.1) is 0 Å². The summed E-state index contributed by atoms with van der Waals surface area (Å²) < 4.78 is 0. The van der Waals surface area contributed by atoms with Crippen LogP contribution >= 0.6 is 0 Å². The molecule has 0 spiro atoms. The average Bonchev–Trinajstić information content (AvgIpc) is 2.51. The Hall–Kier alpha value is -0.0800. The van der Waals surface area contributed by atoms with Crippen LogP contribution in [0.4, 0.5) is 0 Å². The molecular weight excluding hydrogens is 172 g/mol. The summed E-state index contributed by atoms with van der Waals surface area (Å²) in [7, 11) is 0. The second-order valence-electron chi connectivity index (χ2n) is 5.16. The van der Waals surface area contributed by atoms with E-state index in [2.05, 4.69) is 37.9 Å². The van der Waals surface area contributed by atoms with Gasteiger partial charge in [0.1, 0.15) is 0 Å². The Morgan fingerprint density at radius 2 is 2.14 bits per heavy atom. The summed E-state index contributed by atoms with van der Waals surface area (Å²) in [6, 6.07) is 0.675. The third-order valence-corrected chi connectivity index (χ3v) is 3.25. The van der Waals surface area contributed by atoms with Crippen molar-refractivity contribution >= 4 is 0 Å². The van der Waals surface area contributed by atoms with Gasteiger partial charge >= 0.3 is 0 Å². The number of hydrogen-bond acceptors (Lipinski definition) is 2. The quantitative estimate of drug-likeness (QED) is 0.729. The van der Waals surface area contributed by atoms with Crippen molar-refractivity contribution in [2.24, 2.45) is 0 Å². The Kier molecular flexibility index (Phi) is 4.39. The van der Waals surface area contributed by atoms with Gasteiger partial charge in [-0.05, 0) is 53.1 Å². The Balaban J connectivity index is 2.45. The predicted octanol–water partition coefficient (Wildman–Crippen LogP) is 2.25.